The second kappa shape index (κ2) is 5.81. The summed E-state index contributed by atoms with van der Waals surface area (Å²) in [6.07, 6.45) is 0.698. The molecule has 1 unspecified atom stereocenters. The van der Waals surface area contributed by atoms with Gasteiger partial charge in [0.15, 0.2) is 0 Å². The topological polar surface area (TPSA) is 101 Å². The number of hydrogen-bond acceptors (Lipinski definition) is 5. The van der Waals surface area contributed by atoms with Crippen LogP contribution in [-0.4, -0.2) is 55.1 Å². The van der Waals surface area contributed by atoms with Crippen molar-refractivity contribution in [1.29, 1.82) is 0 Å². The molecule has 1 atom stereocenters. The molecule has 0 bridgehead atoms. The first kappa shape index (κ1) is 17.9. The number of hydrogen-bond donors (Lipinski definition) is 1. The van der Waals surface area contributed by atoms with E-state index >= 15 is 0 Å². The van der Waals surface area contributed by atoms with Crippen molar-refractivity contribution in [2.75, 3.05) is 19.6 Å². The molecule has 1 fully saturated rings. The number of sulfonamides is 1. The Bertz CT molecular complexity index is 847. The zero-order chi connectivity index (χ0) is 18.6. The summed E-state index contributed by atoms with van der Waals surface area (Å²) in [6.45, 7) is 6.75. The van der Waals surface area contributed by atoms with Crippen LogP contribution in [0.4, 0.5) is 0 Å². The number of carbonyl (C=O) groups excluding carboxylic acids is 2. The van der Waals surface area contributed by atoms with Crippen molar-refractivity contribution >= 4 is 21.8 Å². The minimum atomic E-state index is -3.87. The van der Waals surface area contributed by atoms with Crippen LogP contribution in [0.5, 0.6) is 0 Å². The maximum atomic E-state index is 12.8. The first-order chi connectivity index (χ1) is 11.6. The van der Waals surface area contributed by atoms with Gasteiger partial charge in [0, 0.05) is 31.2 Å². The molecule has 2 aliphatic heterocycles. The Morgan fingerprint density at radius 1 is 1.36 bits per heavy atom. The minimum Gasteiger partial charge on any atom is -0.338 e. The average molecular weight is 365 g/mol. The third kappa shape index (κ3) is 2.73. The van der Waals surface area contributed by atoms with E-state index in [9.17, 15) is 18.0 Å². The number of benzene rings is 1. The van der Waals surface area contributed by atoms with Gasteiger partial charge in [-0.3, -0.25) is 9.59 Å². The number of amides is 2. The summed E-state index contributed by atoms with van der Waals surface area (Å²) in [5.41, 5.74) is 6.31. The second-order valence-corrected chi connectivity index (χ2v) is 9.13. The van der Waals surface area contributed by atoms with Crippen molar-refractivity contribution in [3.8, 4) is 0 Å². The molecule has 7 nitrogen and oxygen atoms in total. The van der Waals surface area contributed by atoms with Crippen molar-refractivity contribution in [3.05, 3.63) is 29.3 Å². The summed E-state index contributed by atoms with van der Waals surface area (Å²) in [6, 6.07) is 4.30. The molecule has 2 amide bonds. The van der Waals surface area contributed by atoms with E-state index in [1.807, 2.05) is 13.8 Å². The molecule has 1 aromatic rings. The molecule has 0 radical (unpaired) electrons. The van der Waals surface area contributed by atoms with E-state index in [0.717, 1.165) is 4.31 Å². The van der Waals surface area contributed by atoms with Crippen LogP contribution in [0, 0.1) is 5.41 Å². The van der Waals surface area contributed by atoms with Gasteiger partial charge in [-0.1, -0.05) is 13.8 Å². The standard InChI is InChI=1S/C17H23N3O4S/c1-4-20-16(22)12-6-5-11(9-13(12)25(20,23)24)15(21)19-8-7-14(18)17(2,3)10-19/h5-6,9,14H,4,7-8,10,18H2,1-3H3. The normalized spacial score (nSPS) is 24.3. The van der Waals surface area contributed by atoms with Gasteiger partial charge in [-0.25, -0.2) is 12.7 Å². The van der Waals surface area contributed by atoms with Crippen molar-refractivity contribution in [2.45, 2.75) is 38.1 Å². The Balaban J connectivity index is 1.94. The molecule has 1 aromatic carbocycles. The van der Waals surface area contributed by atoms with E-state index in [2.05, 4.69) is 0 Å². The lowest BCUT2D eigenvalue weighted by molar-refractivity contribution is 0.0532. The first-order valence-electron chi connectivity index (χ1n) is 8.35. The molecule has 0 aromatic heterocycles. The number of nitrogens with two attached hydrogens (primary N) is 1. The van der Waals surface area contributed by atoms with Crippen LogP contribution in [0.1, 0.15) is 47.9 Å². The summed E-state index contributed by atoms with van der Waals surface area (Å²) < 4.78 is 25.8. The number of carbonyl (C=O) groups is 2. The van der Waals surface area contributed by atoms with Crippen LogP contribution >= 0.6 is 0 Å². The number of rotatable bonds is 2. The molecule has 8 heteroatoms. The molecule has 2 N–H and O–H groups in total. The van der Waals surface area contributed by atoms with Gasteiger partial charge in [0.2, 0.25) is 0 Å². The first-order valence-corrected chi connectivity index (χ1v) is 9.79. The van der Waals surface area contributed by atoms with Crippen LogP contribution in [0.2, 0.25) is 0 Å². The Morgan fingerprint density at radius 2 is 2.04 bits per heavy atom. The van der Waals surface area contributed by atoms with E-state index in [1.54, 1.807) is 11.8 Å². The van der Waals surface area contributed by atoms with Gasteiger partial charge in [0.1, 0.15) is 4.90 Å². The molecule has 0 saturated carbocycles. The van der Waals surface area contributed by atoms with Crippen LogP contribution in [0.25, 0.3) is 0 Å². The van der Waals surface area contributed by atoms with Crippen LogP contribution < -0.4 is 5.73 Å². The average Bonchev–Trinajstić information content (AvgIpc) is 2.75. The predicted molar refractivity (Wildman–Crippen MR) is 92.6 cm³/mol. The third-order valence-electron chi connectivity index (χ3n) is 5.14. The van der Waals surface area contributed by atoms with Crippen LogP contribution in [-0.2, 0) is 10.0 Å². The Kier molecular flexibility index (Phi) is 4.15. The van der Waals surface area contributed by atoms with E-state index in [1.165, 1.54) is 18.2 Å². The number of fused-ring (bicyclic) bond motifs is 1. The Labute approximate surface area is 147 Å². The molecule has 0 spiro atoms. The van der Waals surface area contributed by atoms with Gasteiger partial charge in [0.25, 0.3) is 21.8 Å². The second-order valence-electron chi connectivity index (χ2n) is 7.30. The maximum Gasteiger partial charge on any atom is 0.268 e. The summed E-state index contributed by atoms with van der Waals surface area (Å²) in [5.74, 6) is -0.776. The molecule has 2 aliphatic rings. The Hall–Kier alpha value is -1.93. The fraction of sp³-hybridized carbons (Fsp3) is 0.529. The number of nitrogens with zero attached hydrogens (tertiary/aromatic N) is 2. The molecule has 0 aliphatic carbocycles. The van der Waals surface area contributed by atoms with Crippen molar-refractivity contribution in [1.82, 2.24) is 9.21 Å². The molecule has 1 saturated heterocycles. The maximum absolute atomic E-state index is 12.8. The zero-order valence-corrected chi connectivity index (χ0v) is 15.5. The van der Waals surface area contributed by atoms with Gasteiger partial charge >= 0.3 is 0 Å². The molecule has 136 valence electrons. The van der Waals surface area contributed by atoms with Gasteiger partial charge in [-0.2, -0.15) is 0 Å². The predicted octanol–water partition coefficient (Wildman–Crippen LogP) is 1.05. The highest BCUT2D eigenvalue weighted by Gasteiger charge is 2.41. The SMILES string of the molecule is CCN1C(=O)c2ccc(C(=O)N3CCC(N)C(C)(C)C3)cc2S1(=O)=O. The van der Waals surface area contributed by atoms with Gasteiger partial charge in [-0.15, -0.1) is 0 Å². The van der Waals surface area contributed by atoms with Crippen molar-refractivity contribution in [3.63, 3.8) is 0 Å². The molecule has 2 heterocycles. The van der Waals surface area contributed by atoms with Crippen LogP contribution in [0.3, 0.4) is 0 Å². The molecule has 25 heavy (non-hydrogen) atoms. The quantitative estimate of drug-likeness (QED) is 0.844. The fourth-order valence-electron chi connectivity index (χ4n) is 3.45. The smallest absolute Gasteiger partial charge is 0.268 e. The minimum absolute atomic E-state index is 0.0210. The molecular formula is C17H23N3O4S. The zero-order valence-electron chi connectivity index (χ0n) is 14.7. The summed E-state index contributed by atoms with van der Waals surface area (Å²) >= 11 is 0. The number of piperidine rings is 1. The number of likely N-dealkylation sites (tertiary alicyclic amines) is 1. The monoisotopic (exact) mass is 365 g/mol. The van der Waals surface area contributed by atoms with Gasteiger partial charge in [0.05, 0.1) is 5.56 Å². The lowest BCUT2D eigenvalue weighted by Crippen LogP contribution is -2.54. The Morgan fingerprint density at radius 3 is 2.64 bits per heavy atom. The molecular weight excluding hydrogens is 342 g/mol. The summed E-state index contributed by atoms with van der Waals surface area (Å²) in [5, 5.41) is 0. The van der Waals surface area contributed by atoms with Crippen molar-refractivity contribution in [2.24, 2.45) is 11.1 Å². The van der Waals surface area contributed by atoms with E-state index in [-0.39, 0.29) is 39.9 Å². The van der Waals surface area contributed by atoms with E-state index < -0.39 is 15.9 Å². The third-order valence-corrected chi connectivity index (χ3v) is 7.04. The molecule has 3 rings (SSSR count). The lowest BCUT2D eigenvalue weighted by Gasteiger charge is -2.42. The van der Waals surface area contributed by atoms with Crippen LogP contribution in [0.15, 0.2) is 23.1 Å². The highest BCUT2D eigenvalue weighted by Crippen LogP contribution is 2.32. The summed E-state index contributed by atoms with van der Waals surface area (Å²) in [4.78, 5) is 26.6. The highest BCUT2D eigenvalue weighted by molar-refractivity contribution is 7.90. The van der Waals surface area contributed by atoms with Crippen molar-refractivity contribution < 1.29 is 18.0 Å². The summed E-state index contributed by atoms with van der Waals surface area (Å²) in [7, 11) is -3.87. The fourth-order valence-corrected chi connectivity index (χ4v) is 5.05. The lowest BCUT2D eigenvalue weighted by atomic mass is 9.79. The largest absolute Gasteiger partial charge is 0.338 e. The van der Waals surface area contributed by atoms with Gasteiger partial charge in [-0.05, 0) is 37.0 Å². The van der Waals surface area contributed by atoms with Gasteiger partial charge < -0.3 is 10.6 Å². The highest BCUT2D eigenvalue weighted by atomic mass is 32.2. The van der Waals surface area contributed by atoms with E-state index in [0.29, 0.717) is 19.5 Å². The van der Waals surface area contributed by atoms with E-state index in [4.69, 9.17) is 5.73 Å².